The van der Waals surface area contributed by atoms with Gasteiger partial charge in [0.05, 0.1) is 0 Å². The lowest BCUT2D eigenvalue weighted by Crippen LogP contribution is -2.38. The predicted octanol–water partition coefficient (Wildman–Crippen LogP) is 3.22. The van der Waals surface area contributed by atoms with Gasteiger partial charge in [0.2, 0.25) is 5.91 Å². The van der Waals surface area contributed by atoms with Crippen molar-refractivity contribution in [2.24, 2.45) is 5.92 Å². The van der Waals surface area contributed by atoms with Gasteiger partial charge < -0.3 is 9.88 Å². The first-order chi connectivity index (χ1) is 10.2. The van der Waals surface area contributed by atoms with Gasteiger partial charge in [-0.2, -0.15) is 13.2 Å². The zero-order chi connectivity index (χ0) is 16.5. The van der Waals surface area contributed by atoms with Crippen molar-refractivity contribution in [3.8, 4) is 0 Å². The number of halogens is 3. The minimum absolute atomic E-state index is 0.00775. The molecule has 1 amide bonds. The normalized spacial score (nSPS) is 13.6. The minimum atomic E-state index is -4.47. The fraction of sp³-hybridized carbons (Fsp3) is 0.467. The first kappa shape index (κ1) is 16.3. The summed E-state index contributed by atoms with van der Waals surface area (Å²) in [5.41, 5.74) is -0.493. The van der Waals surface area contributed by atoms with Crippen LogP contribution in [0.2, 0.25) is 0 Å². The highest BCUT2D eigenvalue weighted by molar-refractivity contribution is 5.79. The quantitative estimate of drug-likeness (QED) is 0.942. The van der Waals surface area contributed by atoms with Crippen molar-refractivity contribution in [3.05, 3.63) is 30.1 Å². The molecule has 22 heavy (non-hydrogen) atoms. The number of rotatable bonds is 4. The summed E-state index contributed by atoms with van der Waals surface area (Å²) >= 11 is 0. The molecule has 2 rings (SSSR count). The zero-order valence-corrected chi connectivity index (χ0v) is 12.6. The van der Waals surface area contributed by atoms with E-state index in [0.717, 1.165) is 10.6 Å². The van der Waals surface area contributed by atoms with E-state index in [1.54, 1.807) is 32.9 Å². The van der Waals surface area contributed by atoms with Gasteiger partial charge in [-0.15, -0.1) is 0 Å². The maximum Gasteiger partial charge on any atom is 0.431 e. The van der Waals surface area contributed by atoms with Crippen molar-refractivity contribution in [3.63, 3.8) is 0 Å². The Kier molecular flexibility index (Phi) is 4.44. The van der Waals surface area contributed by atoms with Crippen molar-refractivity contribution < 1.29 is 18.0 Å². The van der Waals surface area contributed by atoms with Gasteiger partial charge in [0, 0.05) is 30.1 Å². The summed E-state index contributed by atoms with van der Waals surface area (Å²) in [6, 6.07) is 3.83. The number of hydrogen-bond donors (Lipinski definition) is 1. The van der Waals surface area contributed by atoms with Crippen molar-refractivity contribution in [2.45, 2.75) is 39.5 Å². The largest absolute Gasteiger partial charge is 0.431 e. The van der Waals surface area contributed by atoms with Crippen LogP contribution in [-0.4, -0.2) is 21.5 Å². The Bertz CT molecular complexity index is 676. The molecule has 0 aromatic carbocycles. The van der Waals surface area contributed by atoms with E-state index in [1.807, 2.05) is 0 Å². The highest BCUT2D eigenvalue weighted by Crippen LogP contribution is 2.33. The van der Waals surface area contributed by atoms with Crippen molar-refractivity contribution >= 4 is 16.9 Å². The average molecular weight is 313 g/mol. The fourth-order valence-electron chi connectivity index (χ4n) is 2.24. The first-order valence-electron chi connectivity index (χ1n) is 7.02. The minimum Gasteiger partial charge on any atom is -0.352 e. The molecule has 0 saturated heterocycles. The zero-order valence-electron chi connectivity index (χ0n) is 12.6. The van der Waals surface area contributed by atoms with E-state index < -0.39 is 17.9 Å². The molecule has 0 bridgehead atoms. The maximum absolute atomic E-state index is 13.2. The highest BCUT2D eigenvalue weighted by Gasteiger charge is 2.36. The molecule has 0 aliphatic carbocycles. The number of carbonyl (C=O) groups excluding carboxylic acids is 1. The number of fused-ring (bicyclic) bond motifs is 1. The van der Waals surface area contributed by atoms with Crippen LogP contribution in [0.15, 0.2) is 24.4 Å². The average Bonchev–Trinajstić information content (AvgIpc) is 2.77. The highest BCUT2D eigenvalue weighted by atomic mass is 19.4. The molecule has 2 heterocycles. The van der Waals surface area contributed by atoms with Crippen LogP contribution in [0.5, 0.6) is 0 Å². The van der Waals surface area contributed by atoms with Gasteiger partial charge in [-0.1, -0.05) is 13.8 Å². The molecule has 0 saturated carbocycles. The Hall–Kier alpha value is -2.05. The number of alkyl halides is 3. The summed E-state index contributed by atoms with van der Waals surface area (Å²) < 4.78 is 40.7. The maximum atomic E-state index is 13.2. The summed E-state index contributed by atoms with van der Waals surface area (Å²) in [6.07, 6.45) is -3.02. The number of hydrogen-bond acceptors (Lipinski definition) is 2. The molecule has 2 aromatic heterocycles. The van der Waals surface area contributed by atoms with Gasteiger partial charge in [-0.3, -0.25) is 4.79 Å². The summed E-state index contributed by atoms with van der Waals surface area (Å²) in [4.78, 5) is 15.7. The molecule has 7 heteroatoms. The standard InChI is InChI=1S/C15H18F3N3O/c1-9(2)14(22)20-10(3)8-21-12(15(16,17)18)7-11-5-4-6-19-13(11)21/h4-7,9-10H,8H2,1-3H3,(H,20,22)/t10-/m0/s1. The van der Waals surface area contributed by atoms with Crippen LogP contribution in [-0.2, 0) is 17.5 Å². The number of nitrogens with zero attached hydrogens (tertiary/aromatic N) is 2. The third-order valence-corrected chi connectivity index (χ3v) is 3.32. The molecule has 1 atom stereocenters. The molecule has 0 aliphatic rings. The lowest BCUT2D eigenvalue weighted by atomic mass is 10.2. The Balaban J connectivity index is 2.35. The molecule has 0 aliphatic heterocycles. The van der Waals surface area contributed by atoms with Crippen LogP contribution < -0.4 is 5.32 Å². The fourth-order valence-corrected chi connectivity index (χ4v) is 2.24. The molecule has 1 N–H and O–H groups in total. The lowest BCUT2D eigenvalue weighted by molar-refractivity contribution is -0.143. The van der Waals surface area contributed by atoms with E-state index in [0.29, 0.717) is 5.39 Å². The van der Waals surface area contributed by atoms with Crippen LogP contribution in [0.25, 0.3) is 11.0 Å². The van der Waals surface area contributed by atoms with E-state index in [1.165, 1.54) is 6.20 Å². The molecule has 0 unspecified atom stereocenters. The second-order valence-corrected chi connectivity index (χ2v) is 5.62. The van der Waals surface area contributed by atoms with Crippen molar-refractivity contribution in [2.75, 3.05) is 0 Å². The summed E-state index contributed by atoms with van der Waals surface area (Å²) in [7, 11) is 0. The molecule has 2 aromatic rings. The topological polar surface area (TPSA) is 46.9 Å². The van der Waals surface area contributed by atoms with Gasteiger partial charge in [0.1, 0.15) is 11.3 Å². The van der Waals surface area contributed by atoms with E-state index in [2.05, 4.69) is 10.3 Å². The van der Waals surface area contributed by atoms with Crippen LogP contribution in [0, 0.1) is 5.92 Å². The van der Waals surface area contributed by atoms with Gasteiger partial charge in [0.25, 0.3) is 0 Å². The molecule has 4 nitrogen and oxygen atoms in total. The van der Waals surface area contributed by atoms with Crippen LogP contribution in [0.3, 0.4) is 0 Å². The Morgan fingerprint density at radius 1 is 1.36 bits per heavy atom. The second kappa shape index (κ2) is 5.98. The van der Waals surface area contributed by atoms with Gasteiger partial charge >= 0.3 is 6.18 Å². The number of aromatic nitrogens is 2. The van der Waals surface area contributed by atoms with Crippen molar-refractivity contribution in [1.29, 1.82) is 0 Å². The molecule has 0 spiro atoms. The SMILES string of the molecule is CC(C)C(=O)N[C@@H](C)Cn1c(C(F)(F)F)cc2cccnc21. The monoisotopic (exact) mass is 313 g/mol. The van der Waals surface area contributed by atoms with Crippen LogP contribution in [0.4, 0.5) is 13.2 Å². The number of pyridine rings is 1. The first-order valence-corrected chi connectivity index (χ1v) is 7.02. The van der Waals surface area contributed by atoms with Gasteiger partial charge in [0.15, 0.2) is 0 Å². The summed E-state index contributed by atoms with van der Waals surface area (Å²) in [6.45, 7) is 5.15. The number of nitrogens with one attached hydrogen (secondary N) is 1. The van der Waals surface area contributed by atoms with E-state index >= 15 is 0 Å². The number of carbonyl (C=O) groups is 1. The van der Waals surface area contributed by atoms with Gasteiger partial charge in [-0.05, 0) is 25.1 Å². The molecule has 0 radical (unpaired) electrons. The van der Waals surface area contributed by atoms with Crippen LogP contribution >= 0.6 is 0 Å². The number of amides is 1. The van der Waals surface area contributed by atoms with Gasteiger partial charge in [-0.25, -0.2) is 4.98 Å². The van der Waals surface area contributed by atoms with E-state index in [-0.39, 0.29) is 24.0 Å². The predicted molar refractivity (Wildman–Crippen MR) is 77.2 cm³/mol. The van der Waals surface area contributed by atoms with Crippen LogP contribution in [0.1, 0.15) is 26.5 Å². The molecule has 0 fully saturated rings. The Labute approximate surface area is 126 Å². The third-order valence-electron chi connectivity index (χ3n) is 3.32. The summed E-state index contributed by atoms with van der Waals surface area (Å²) in [5.74, 6) is -0.408. The van der Waals surface area contributed by atoms with E-state index in [9.17, 15) is 18.0 Å². The van der Waals surface area contributed by atoms with E-state index in [4.69, 9.17) is 0 Å². The Morgan fingerprint density at radius 2 is 2.05 bits per heavy atom. The molecule has 120 valence electrons. The smallest absolute Gasteiger partial charge is 0.352 e. The summed E-state index contributed by atoms with van der Waals surface area (Å²) in [5, 5.41) is 3.13. The molecular formula is C15H18F3N3O. The lowest BCUT2D eigenvalue weighted by Gasteiger charge is -2.19. The molecular weight excluding hydrogens is 295 g/mol. The second-order valence-electron chi connectivity index (χ2n) is 5.62. The third kappa shape index (κ3) is 3.40. The Morgan fingerprint density at radius 3 is 2.64 bits per heavy atom. The van der Waals surface area contributed by atoms with Crippen molar-refractivity contribution in [1.82, 2.24) is 14.9 Å².